The fourth-order valence-corrected chi connectivity index (χ4v) is 5.48. The van der Waals surface area contributed by atoms with Gasteiger partial charge in [0.1, 0.15) is 28.5 Å². The van der Waals surface area contributed by atoms with Gasteiger partial charge in [0.2, 0.25) is 0 Å². The molecule has 5 heterocycles. The molecule has 4 aromatic heterocycles. The van der Waals surface area contributed by atoms with Crippen LogP contribution in [0, 0.1) is 0 Å². The van der Waals surface area contributed by atoms with Gasteiger partial charge in [0.05, 0.1) is 12.5 Å². The Bertz CT molecular complexity index is 1380. The highest BCUT2D eigenvalue weighted by atomic mass is 32.1. The quantitative estimate of drug-likeness (QED) is 0.398. The number of hydrogen-bond donors (Lipinski definition) is 0. The minimum Gasteiger partial charge on any atom is -0.497 e. The molecule has 6 rings (SSSR count). The van der Waals surface area contributed by atoms with E-state index in [1.165, 1.54) is 5.56 Å². The van der Waals surface area contributed by atoms with Gasteiger partial charge in [-0.1, -0.05) is 18.2 Å². The SMILES string of the molecule is COc1ccc(-c2csc3ncnc(N4CCC(c5nnc6ccccn56)CC4)c23)cc1. The number of fused-ring (bicyclic) bond motifs is 2. The number of ether oxygens (including phenoxy) is 1. The number of rotatable bonds is 4. The van der Waals surface area contributed by atoms with Crippen molar-refractivity contribution in [2.45, 2.75) is 18.8 Å². The summed E-state index contributed by atoms with van der Waals surface area (Å²) < 4.78 is 7.43. The monoisotopic (exact) mass is 442 g/mol. The predicted molar refractivity (Wildman–Crippen MR) is 127 cm³/mol. The number of piperidine rings is 1. The van der Waals surface area contributed by atoms with Crippen LogP contribution in [-0.2, 0) is 0 Å². The standard InChI is InChI=1S/C24H22N6OS/c1-31-18-7-5-16(6-8-18)19-14-32-24-21(19)23(25-15-26-24)29-12-9-17(10-13-29)22-28-27-20-4-2-3-11-30(20)22/h2-8,11,14-15,17H,9-10,12-13H2,1H3. The Balaban J connectivity index is 1.30. The second-order valence-corrected chi connectivity index (χ2v) is 8.86. The van der Waals surface area contributed by atoms with Gasteiger partial charge >= 0.3 is 0 Å². The fraction of sp³-hybridized carbons (Fsp3) is 0.250. The molecular weight excluding hydrogens is 420 g/mol. The molecule has 1 aromatic carbocycles. The Morgan fingerprint density at radius 3 is 2.66 bits per heavy atom. The molecule has 8 heteroatoms. The first-order valence-electron chi connectivity index (χ1n) is 10.7. The summed E-state index contributed by atoms with van der Waals surface area (Å²) >= 11 is 1.67. The van der Waals surface area contributed by atoms with Gasteiger partial charge in [-0.2, -0.15) is 0 Å². The van der Waals surface area contributed by atoms with Crippen molar-refractivity contribution in [2.75, 3.05) is 25.1 Å². The molecule has 7 nitrogen and oxygen atoms in total. The number of methoxy groups -OCH3 is 1. The van der Waals surface area contributed by atoms with Gasteiger partial charge in [-0.25, -0.2) is 9.97 Å². The molecule has 0 aliphatic carbocycles. The Labute approximate surface area is 189 Å². The summed E-state index contributed by atoms with van der Waals surface area (Å²) in [5.41, 5.74) is 3.23. The average molecular weight is 443 g/mol. The molecule has 0 radical (unpaired) electrons. The molecular formula is C24H22N6OS. The molecule has 32 heavy (non-hydrogen) atoms. The maximum atomic E-state index is 5.32. The van der Waals surface area contributed by atoms with E-state index in [1.54, 1.807) is 24.8 Å². The highest BCUT2D eigenvalue weighted by Crippen LogP contribution is 2.40. The third-order valence-electron chi connectivity index (χ3n) is 6.25. The van der Waals surface area contributed by atoms with Crippen LogP contribution in [0.4, 0.5) is 5.82 Å². The zero-order valence-electron chi connectivity index (χ0n) is 17.7. The summed E-state index contributed by atoms with van der Waals surface area (Å²) in [4.78, 5) is 12.7. The van der Waals surface area contributed by atoms with Gasteiger partial charge in [-0.05, 0) is 42.7 Å². The molecule has 1 saturated heterocycles. The average Bonchev–Trinajstić information content (AvgIpc) is 3.49. The lowest BCUT2D eigenvalue weighted by molar-refractivity contribution is 0.415. The van der Waals surface area contributed by atoms with E-state index in [9.17, 15) is 0 Å². The molecule has 0 bridgehead atoms. The van der Waals surface area contributed by atoms with Gasteiger partial charge in [0.25, 0.3) is 0 Å². The largest absolute Gasteiger partial charge is 0.497 e. The van der Waals surface area contributed by atoms with Crippen molar-refractivity contribution in [3.8, 4) is 16.9 Å². The Kier molecular flexibility index (Phi) is 4.72. The Hall–Kier alpha value is -3.52. The molecule has 160 valence electrons. The Morgan fingerprint density at radius 2 is 1.84 bits per heavy atom. The van der Waals surface area contributed by atoms with Crippen molar-refractivity contribution in [3.63, 3.8) is 0 Å². The molecule has 5 aromatic rings. The van der Waals surface area contributed by atoms with Crippen LogP contribution in [0.1, 0.15) is 24.6 Å². The third-order valence-corrected chi connectivity index (χ3v) is 7.14. The summed E-state index contributed by atoms with van der Waals surface area (Å²) in [6.07, 6.45) is 5.77. The summed E-state index contributed by atoms with van der Waals surface area (Å²) in [6, 6.07) is 14.2. The third kappa shape index (κ3) is 3.18. The van der Waals surface area contributed by atoms with Crippen LogP contribution in [-0.4, -0.2) is 44.8 Å². The van der Waals surface area contributed by atoms with Crippen LogP contribution in [0.15, 0.2) is 60.4 Å². The molecule has 0 spiro atoms. The highest BCUT2D eigenvalue weighted by molar-refractivity contribution is 7.17. The van der Waals surface area contributed by atoms with Gasteiger partial charge < -0.3 is 9.64 Å². The van der Waals surface area contributed by atoms with E-state index in [0.717, 1.165) is 64.8 Å². The van der Waals surface area contributed by atoms with Gasteiger partial charge in [-0.15, -0.1) is 21.5 Å². The van der Waals surface area contributed by atoms with Crippen LogP contribution >= 0.6 is 11.3 Å². The zero-order chi connectivity index (χ0) is 21.5. The van der Waals surface area contributed by atoms with E-state index in [0.29, 0.717) is 5.92 Å². The van der Waals surface area contributed by atoms with Crippen molar-refractivity contribution in [1.29, 1.82) is 0 Å². The lowest BCUT2D eigenvalue weighted by atomic mass is 9.95. The molecule has 1 aliphatic heterocycles. The molecule has 1 fully saturated rings. The topological polar surface area (TPSA) is 68.4 Å². The zero-order valence-corrected chi connectivity index (χ0v) is 18.5. The lowest BCUT2D eigenvalue weighted by Crippen LogP contribution is -2.34. The van der Waals surface area contributed by atoms with Crippen molar-refractivity contribution < 1.29 is 4.74 Å². The van der Waals surface area contributed by atoms with E-state index in [1.807, 2.05) is 30.3 Å². The number of hydrogen-bond acceptors (Lipinski definition) is 7. The summed E-state index contributed by atoms with van der Waals surface area (Å²) in [6.45, 7) is 1.85. The molecule has 0 unspecified atom stereocenters. The summed E-state index contributed by atoms with van der Waals surface area (Å²) in [5, 5.41) is 12.1. The Morgan fingerprint density at radius 1 is 1.00 bits per heavy atom. The number of nitrogens with zero attached hydrogens (tertiary/aromatic N) is 6. The van der Waals surface area contributed by atoms with E-state index >= 15 is 0 Å². The van der Waals surface area contributed by atoms with Crippen molar-refractivity contribution >= 4 is 33.0 Å². The second kappa shape index (κ2) is 7.87. The maximum Gasteiger partial charge on any atom is 0.160 e. The number of aromatic nitrogens is 5. The summed E-state index contributed by atoms with van der Waals surface area (Å²) in [7, 11) is 1.69. The summed E-state index contributed by atoms with van der Waals surface area (Å²) in [5.74, 6) is 3.33. The van der Waals surface area contributed by atoms with E-state index in [4.69, 9.17) is 9.72 Å². The first kappa shape index (κ1) is 19.2. The lowest BCUT2D eigenvalue weighted by Gasteiger charge is -2.32. The molecule has 0 saturated carbocycles. The van der Waals surface area contributed by atoms with Crippen LogP contribution in [0.2, 0.25) is 0 Å². The number of benzene rings is 1. The van der Waals surface area contributed by atoms with E-state index < -0.39 is 0 Å². The highest BCUT2D eigenvalue weighted by Gasteiger charge is 2.27. The first-order valence-corrected chi connectivity index (χ1v) is 11.6. The van der Waals surface area contributed by atoms with Crippen LogP contribution in [0.5, 0.6) is 5.75 Å². The molecule has 0 amide bonds. The normalized spacial score (nSPS) is 15.0. The van der Waals surface area contributed by atoms with Gasteiger partial charge in [0.15, 0.2) is 5.65 Å². The molecule has 1 aliphatic rings. The fourth-order valence-electron chi connectivity index (χ4n) is 4.57. The van der Waals surface area contributed by atoms with E-state index in [2.05, 4.69) is 48.2 Å². The van der Waals surface area contributed by atoms with E-state index in [-0.39, 0.29) is 0 Å². The number of pyridine rings is 1. The van der Waals surface area contributed by atoms with Crippen LogP contribution in [0.25, 0.3) is 27.0 Å². The number of thiophene rings is 1. The molecule has 0 N–H and O–H groups in total. The molecule has 0 atom stereocenters. The van der Waals surface area contributed by atoms with Crippen LogP contribution in [0.3, 0.4) is 0 Å². The number of anilines is 1. The smallest absolute Gasteiger partial charge is 0.160 e. The minimum atomic E-state index is 0.393. The van der Waals surface area contributed by atoms with Crippen molar-refractivity contribution in [3.05, 3.63) is 66.2 Å². The van der Waals surface area contributed by atoms with Crippen molar-refractivity contribution in [2.24, 2.45) is 0 Å². The maximum absolute atomic E-state index is 5.32. The van der Waals surface area contributed by atoms with Gasteiger partial charge in [0, 0.05) is 36.1 Å². The predicted octanol–water partition coefficient (Wildman–Crippen LogP) is 4.79. The van der Waals surface area contributed by atoms with Crippen molar-refractivity contribution in [1.82, 2.24) is 24.6 Å². The second-order valence-electron chi connectivity index (χ2n) is 8.00. The van der Waals surface area contributed by atoms with Crippen LogP contribution < -0.4 is 9.64 Å². The first-order chi connectivity index (χ1) is 15.8. The van der Waals surface area contributed by atoms with Gasteiger partial charge in [-0.3, -0.25) is 4.40 Å². The minimum absolute atomic E-state index is 0.393.